The van der Waals surface area contributed by atoms with Crippen LogP contribution in [0.3, 0.4) is 0 Å². The fourth-order valence-corrected chi connectivity index (χ4v) is 4.09. The van der Waals surface area contributed by atoms with Crippen molar-refractivity contribution in [1.82, 2.24) is 9.97 Å². The molecule has 1 aliphatic carbocycles. The maximum absolute atomic E-state index is 5.27. The van der Waals surface area contributed by atoms with Crippen molar-refractivity contribution < 1.29 is 4.74 Å². The molecule has 0 unspecified atom stereocenters. The third-order valence-corrected chi connectivity index (χ3v) is 5.03. The SMILES string of the molecule is COc1cccc(Nc2ncnc3sc4c(c23)CCC4)c1.Cl. The van der Waals surface area contributed by atoms with Crippen LogP contribution in [0.4, 0.5) is 11.5 Å². The summed E-state index contributed by atoms with van der Waals surface area (Å²) in [6.45, 7) is 0. The van der Waals surface area contributed by atoms with E-state index in [0.29, 0.717) is 0 Å². The van der Waals surface area contributed by atoms with Crippen molar-refractivity contribution in [2.45, 2.75) is 19.3 Å². The first kappa shape index (κ1) is 15.1. The standard InChI is InChI=1S/C16H15N3OS.ClH/c1-20-11-5-2-4-10(8-11)19-15-14-12-6-3-7-13(12)21-16(14)18-9-17-15;/h2,4-5,8-9H,3,6-7H2,1H3,(H,17,18,19);1H. The van der Waals surface area contributed by atoms with Gasteiger partial charge in [-0.1, -0.05) is 6.07 Å². The fraction of sp³-hybridized carbons (Fsp3) is 0.250. The molecule has 22 heavy (non-hydrogen) atoms. The molecule has 114 valence electrons. The first-order valence-electron chi connectivity index (χ1n) is 7.01. The summed E-state index contributed by atoms with van der Waals surface area (Å²) >= 11 is 1.80. The van der Waals surface area contributed by atoms with Crippen molar-refractivity contribution in [3.8, 4) is 5.75 Å². The topological polar surface area (TPSA) is 47.0 Å². The summed E-state index contributed by atoms with van der Waals surface area (Å²) in [7, 11) is 1.67. The molecule has 0 spiro atoms. The number of ether oxygens (including phenoxy) is 1. The minimum absolute atomic E-state index is 0. The van der Waals surface area contributed by atoms with E-state index < -0.39 is 0 Å². The number of hydrogen-bond acceptors (Lipinski definition) is 5. The van der Waals surface area contributed by atoms with Crippen molar-refractivity contribution in [2.24, 2.45) is 0 Å². The van der Waals surface area contributed by atoms with Gasteiger partial charge in [0.05, 0.1) is 12.5 Å². The third-order valence-electron chi connectivity index (χ3n) is 3.83. The summed E-state index contributed by atoms with van der Waals surface area (Å²) in [5, 5.41) is 4.61. The molecule has 0 fully saturated rings. The van der Waals surface area contributed by atoms with Gasteiger partial charge < -0.3 is 10.1 Å². The van der Waals surface area contributed by atoms with Crippen LogP contribution < -0.4 is 10.1 Å². The molecule has 0 bridgehead atoms. The van der Waals surface area contributed by atoms with Crippen LogP contribution in [0.15, 0.2) is 30.6 Å². The number of fused-ring (bicyclic) bond motifs is 3. The lowest BCUT2D eigenvalue weighted by molar-refractivity contribution is 0.415. The molecule has 1 aromatic carbocycles. The monoisotopic (exact) mass is 333 g/mol. The molecule has 1 aliphatic rings. The van der Waals surface area contributed by atoms with Crippen LogP contribution in [0.1, 0.15) is 16.9 Å². The van der Waals surface area contributed by atoms with Gasteiger partial charge in [-0.3, -0.25) is 0 Å². The second kappa shape index (κ2) is 6.10. The Bertz CT molecular complexity index is 818. The highest BCUT2D eigenvalue weighted by atomic mass is 35.5. The van der Waals surface area contributed by atoms with Crippen molar-refractivity contribution in [2.75, 3.05) is 12.4 Å². The fourth-order valence-electron chi connectivity index (χ4n) is 2.86. The van der Waals surface area contributed by atoms with Crippen molar-refractivity contribution in [1.29, 1.82) is 0 Å². The number of halogens is 1. The Hall–Kier alpha value is -1.85. The van der Waals surface area contributed by atoms with Gasteiger partial charge in [-0.2, -0.15) is 0 Å². The molecule has 4 rings (SSSR count). The normalized spacial score (nSPS) is 12.8. The second-order valence-corrected chi connectivity index (χ2v) is 6.20. The van der Waals surface area contributed by atoms with E-state index in [1.54, 1.807) is 24.8 Å². The zero-order chi connectivity index (χ0) is 14.2. The molecular formula is C16H16ClN3OS. The Morgan fingerprint density at radius 2 is 2.14 bits per heavy atom. The quantitative estimate of drug-likeness (QED) is 0.774. The number of aryl methyl sites for hydroxylation is 2. The Kier molecular flexibility index (Phi) is 4.18. The first-order chi connectivity index (χ1) is 10.3. The molecule has 0 saturated carbocycles. The minimum Gasteiger partial charge on any atom is -0.497 e. The third kappa shape index (κ3) is 2.51. The summed E-state index contributed by atoms with van der Waals surface area (Å²) in [6, 6.07) is 7.89. The van der Waals surface area contributed by atoms with E-state index in [4.69, 9.17) is 4.74 Å². The Morgan fingerprint density at radius 1 is 1.23 bits per heavy atom. The number of aromatic nitrogens is 2. The molecule has 1 N–H and O–H groups in total. The van der Waals surface area contributed by atoms with E-state index in [1.165, 1.54) is 28.7 Å². The Labute approximate surface area is 139 Å². The molecule has 2 heterocycles. The first-order valence-corrected chi connectivity index (χ1v) is 7.83. The maximum atomic E-state index is 5.27. The van der Waals surface area contributed by atoms with Gasteiger partial charge in [0.2, 0.25) is 0 Å². The number of benzene rings is 1. The molecular weight excluding hydrogens is 318 g/mol. The molecule has 0 radical (unpaired) electrons. The second-order valence-electron chi connectivity index (χ2n) is 5.12. The summed E-state index contributed by atoms with van der Waals surface area (Å²) in [5.74, 6) is 1.73. The summed E-state index contributed by atoms with van der Waals surface area (Å²) in [4.78, 5) is 11.4. The predicted octanol–water partition coefficient (Wildman–Crippen LogP) is 4.35. The maximum Gasteiger partial charge on any atom is 0.142 e. The van der Waals surface area contributed by atoms with Gasteiger partial charge in [-0.15, -0.1) is 23.7 Å². The number of thiophene rings is 1. The lowest BCUT2D eigenvalue weighted by atomic mass is 10.2. The lowest BCUT2D eigenvalue weighted by Gasteiger charge is -2.09. The number of rotatable bonds is 3. The highest BCUT2D eigenvalue weighted by Crippen LogP contribution is 2.39. The van der Waals surface area contributed by atoms with Crippen LogP contribution in [-0.2, 0) is 12.8 Å². The largest absolute Gasteiger partial charge is 0.497 e. The average Bonchev–Trinajstić information content (AvgIpc) is 3.08. The van der Waals surface area contributed by atoms with Crippen LogP contribution in [-0.4, -0.2) is 17.1 Å². The number of hydrogen-bond donors (Lipinski definition) is 1. The number of nitrogens with zero attached hydrogens (tertiary/aromatic N) is 2. The highest BCUT2D eigenvalue weighted by Gasteiger charge is 2.21. The molecule has 3 aromatic rings. The van der Waals surface area contributed by atoms with Crippen LogP contribution in [0.5, 0.6) is 5.75 Å². The van der Waals surface area contributed by atoms with E-state index in [-0.39, 0.29) is 12.4 Å². The zero-order valence-electron chi connectivity index (χ0n) is 12.1. The number of methoxy groups -OCH3 is 1. The van der Waals surface area contributed by atoms with Crippen molar-refractivity contribution >= 4 is 45.5 Å². The Balaban J connectivity index is 0.00000144. The minimum atomic E-state index is 0. The van der Waals surface area contributed by atoms with Gasteiger partial charge in [0.25, 0.3) is 0 Å². The summed E-state index contributed by atoms with van der Waals surface area (Å²) in [5.41, 5.74) is 2.41. The number of nitrogens with one attached hydrogen (secondary N) is 1. The van der Waals surface area contributed by atoms with E-state index in [2.05, 4.69) is 15.3 Å². The van der Waals surface area contributed by atoms with Gasteiger partial charge in [-0.25, -0.2) is 9.97 Å². The average molecular weight is 334 g/mol. The lowest BCUT2D eigenvalue weighted by Crippen LogP contribution is -1.96. The van der Waals surface area contributed by atoms with Gasteiger partial charge in [-0.05, 0) is 37.0 Å². The molecule has 6 heteroatoms. The van der Waals surface area contributed by atoms with Gasteiger partial charge in [0, 0.05) is 16.6 Å². The molecule has 0 atom stereocenters. The molecule has 4 nitrogen and oxygen atoms in total. The van der Waals surface area contributed by atoms with Crippen molar-refractivity contribution in [3.05, 3.63) is 41.0 Å². The highest BCUT2D eigenvalue weighted by molar-refractivity contribution is 7.19. The van der Waals surface area contributed by atoms with Crippen LogP contribution in [0.25, 0.3) is 10.2 Å². The van der Waals surface area contributed by atoms with Crippen molar-refractivity contribution in [3.63, 3.8) is 0 Å². The van der Waals surface area contributed by atoms with Crippen LogP contribution in [0, 0.1) is 0 Å². The molecule has 0 saturated heterocycles. The van der Waals surface area contributed by atoms with E-state index in [0.717, 1.165) is 28.5 Å². The van der Waals surface area contributed by atoms with Gasteiger partial charge in [0.1, 0.15) is 22.7 Å². The molecule has 2 aromatic heterocycles. The van der Waals surface area contributed by atoms with Crippen LogP contribution in [0.2, 0.25) is 0 Å². The summed E-state index contributed by atoms with van der Waals surface area (Å²) in [6.07, 6.45) is 5.19. The molecule has 0 amide bonds. The smallest absolute Gasteiger partial charge is 0.142 e. The molecule has 0 aliphatic heterocycles. The van der Waals surface area contributed by atoms with Gasteiger partial charge >= 0.3 is 0 Å². The number of anilines is 2. The van der Waals surface area contributed by atoms with E-state index in [9.17, 15) is 0 Å². The predicted molar refractivity (Wildman–Crippen MR) is 93.0 cm³/mol. The van der Waals surface area contributed by atoms with E-state index in [1.807, 2.05) is 24.3 Å². The zero-order valence-corrected chi connectivity index (χ0v) is 13.8. The summed E-state index contributed by atoms with van der Waals surface area (Å²) < 4.78 is 5.27. The van der Waals surface area contributed by atoms with E-state index >= 15 is 0 Å². The van der Waals surface area contributed by atoms with Gasteiger partial charge in [0.15, 0.2) is 0 Å². The Morgan fingerprint density at radius 3 is 3.00 bits per heavy atom. The van der Waals surface area contributed by atoms with Crippen LogP contribution >= 0.6 is 23.7 Å².